The number of carbonyl (C=O) groups is 3. The van der Waals surface area contributed by atoms with Gasteiger partial charge in [0.05, 0.1) is 33.9 Å². The number of ether oxygens (including phenoxy) is 4. The molecular formula is C20H27N3O7S. The lowest BCUT2D eigenvalue weighted by Gasteiger charge is -2.36. The zero-order chi connectivity index (χ0) is 23.1. The second-order valence-corrected chi connectivity index (χ2v) is 7.30. The second kappa shape index (κ2) is 10.8. The molecule has 0 aromatic heterocycles. The Bertz CT molecular complexity index is 834. The molecule has 0 aliphatic carbocycles. The molecule has 11 heteroatoms. The number of carbonyl (C=O) groups excluding carboxylic acids is 3. The van der Waals surface area contributed by atoms with Crippen LogP contribution in [0.1, 0.15) is 30.6 Å². The molecular weight excluding hydrogens is 426 g/mol. The Kier molecular flexibility index (Phi) is 8.43. The van der Waals surface area contributed by atoms with Gasteiger partial charge in [-0.05, 0) is 38.2 Å². The standard InChI is InChI=1S/C20H27N3O7S/c1-11(2)30-16(24)10-13-19(26)21-6-7-23(13)20(31)22-18(25)12-8-14(27-3)17(29-5)15(9-12)28-4/h8-9,11,13H,6-7,10H2,1-5H3,(H,21,26)(H,22,25,31). The van der Waals surface area contributed by atoms with Crippen molar-refractivity contribution in [1.29, 1.82) is 0 Å². The van der Waals surface area contributed by atoms with Gasteiger partial charge in [-0.2, -0.15) is 0 Å². The number of methoxy groups -OCH3 is 3. The van der Waals surface area contributed by atoms with E-state index in [1.807, 2.05) is 0 Å². The number of benzene rings is 1. The Hall–Kier alpha value is -3.08. The van der Waals surface area contributed by atoms with E-state index in [9.17, 15) is 14.4 Å². The highest BCUT2D eigenvalue weighted by Crippen LogP contribution is 2.38. The summed E-state index contributed by atoms with van der Waals surface area (Å²) < 4.78 is 20.9. The molecule has 2 rings (SSSR count). The molecule has 0 radical (unpaired) electrons. The van der Waals surface area contributed by atoms with Crippen LogP contribution >= 0.6 is 12.2 Å². The van der Waals surface area contributed by atoms with Crippen LogP contribution in [-0.4, -0.2) is 74.4 Å². The highest BCUT2D eigenvalue weighted by Gasteiger charge is 2.34. The number of thiocarbonyl (C=S) groups is 1. The van der Waals surface area contributed by atoms with Gasteiger partial charge in [-0.15, -0.1) is 0 Å². The lowest BCUT2D eigenvalue weighted by atomic mass is 10.1. The number of piperazine rings is 1. The van der Waals surface area contributed by atoms with Gasteiger partial charge in [-0.1, -0.05) is 0 Å². The third-order valence-electron chi connectivity index (χ3n) is 4.47. The normalized spacial score (nSPS) is 15.7. The molecule has 1 aromatic rings. The molecule has 1 aromatic carbocycles. The summed E-state index contributed by atoms with van der Waals surface area (Å²) in [5.74, 6) is -0.453. The zero-order valence-electron chi connectivity index (χ0n) is 18.1. The van der Waals surface area contributed by atoms with E-state index in [1.54, 1.807) is 13.8 Å². The van der Waals surface area contributed by atoms with Gasteiger partial charge in [0.15, 0.2) is 16.6 Å². The maximum absolute atomic E-state index is 12.8. The smallest absolute Gasteiger partial charge is 0.308 e. The molecule has 170 valence electrons. The zero-order valence-corrected chi connectivity index (χ0v) is 19.0. The summed E-state index contributed by atoms with van der Waals surface area (Å²) in [5, 5.41) is 5.32. The van der Waals surface area contributed by atoms with Crippen LogP contribution in [0.5, 0.6) is 17.2 Å². The average molecular weight is 454 g/mol. The number of rotatable bonds is 7. The van der Waals surface area contributed by atoms with Crippen molar-refractivity contribution in [1.82, 2.24) is 15.5 Å². The molecule has 1 aliphatic heterocycles. The first kappa shape index (κ1) is 24.2. The summed E-state index contributed by atoms with van der Waals surface area (Å²) in [5.41, 5.74) is 0.217. The summed E-state index contributed by atoms with van der Waals surface area (Å²) >= 11 is 5.37. The molecule has 1 fully saturated rings. The predicted molar refractivity (Wildman–Crippen MR) is 116 cm³/mol. The van der Waals surface area contributed by atoms with Crippen LogP contribution in [0.3, 0.4) is 0 Å². The summed E-state index contributed by atoms with van der Waals surface area (Å²) in [4.78, 5) is 38.8. The van der Waals surface area contributed by atoms with E-state index < -0.39 is 17.9 Å². The first-order valence-electron chi connectivity index (χ1n) is 9.60. The average Bonchev–Trinajstić information content (AvgIpc) is 2.73. The molecule has 31 heavy (non-hydrogen) atoms. The maximum Gasteiger partial charge on any atom is 0.308 e. The summed E-state index contributed by atoms with van der Waals surface area (Å²) in [6.45, 7) is 4.10. The Morgan fingerprint density at radius 1 is 1.19 bits per heavy atom. The second-order valence-electron chi connectivity index (χ2n) is 6.92. The van der Waals surface area contributed by atoms with E-state index in [-0.39, 0.29) is 29.1 Å². The first-order valence-corrected chi connectivity index (χ1v) is 10.0. The predicted octanol–water partition coefficient (Wildman–Crippen LogP) is 0.869. The number of hydrogen-bond acceptors (Lipinski definition) is 8. The van der Waals surface area contributed by atoms with E-state index in [1.165, 1.54) is 38.4 Å². The topological polar surface area (TPSA) is 115 Å². The number of hydrogen-bond donors (Lipinski definition) is 2. The monoisotopic (exact) mass is 453 g/mol. The van der Waals surface area contributed by atoms with Crippen molar-refractivity contribution in [2.24, 2.45) is 0 Å². The van der Waals surface area contributed by atoms with Crippen molar-refractivity contribution in [2.45, 2.75) is 32.4 Å². The molecule has 0 spiro atoms. The number of esters is 1. The van der Waals surface area contributed by atoms with Crippen LogP contribution in [0.25, 0.3) is 0 Å². The van der Waals surface area contributed by atoms with Crippen LogP contribution < -0.4 is 24.8 Å². The molecule has 1 saturated heterocycles. The molecule has 10 nitrogen and oxygen atoms in total. The minimum absolute atomic E-state index is 0.0240. The number of amides is 2. The Labute approximate surface area is 186 Å². The third-order valence-corrected chi connectivity index (χ3v) is 4.80. The van der Waals surface area contributed by atoms with Crippen molar-refractivity contribution in [3.05, 3.63) is 17.7 Å². The van der Waals surface area contributed by atoms with E-state index in [0.717, 1.165) is 0 Å². The van der Waals surface area contributed by atoms with Gasteiger partial charge in [0, 0.05) is 18.7 Å². The van der Waals surface area contributed by atoms with E-state index in [2.05, 4.69) is 10.6 Å². The van der Waals surface area contributed by atoms with E-state index >= 15 is 0 Å². The molecule has 1 heterocycles. The molecule has 2 amide bonds. The van der Waals surface area contributed by atoms with E-state index in [4.69, 9.17) is 31.2 Å². The summed E-state index contributed by atoms with van der Waals surface area (Å²) in [6, 6.07) is 2.09. The van der Waals surface area contributed by atoms with Gasteiger partial charge in [-0.3, -0.25) is 19.7 Å². The molecule has 1 aliphatic rings. The van der Waals surface area contributed by atoms with Gasteiger partial charge in [0.25, 0.3) is 5.91 Å². The van der Waals surface area contributed by atoms with Crippen LogP contribution in [-0.2, 0) is 14.3 Å². The van der Waals surface area contributed by atoms with Crippen molar-refractivity contribution in [3.8, 4) is 17.2 Å². The molecule has 1 unspecified atom stereocenters. The Balaban J connectivity index is 2.19. The van der Waals surface area contributed by atoms with Crippen LogP contribution in [0.15, 0.2) is 12.1 Å². The minimum atomic E-state index is -0.882. The molecule has 0 saturated carbocycles. The van der Waals surface area contributed by atoms with Crippen LogP contribution in [0, 0.1) is 0 Å². The molecule has 1 atom stereocenters. The summed E-state index contributed by atoms with van der Waals surface area (Å²) in [6.07, 6.45) is -0.496. The van der Waals surface area contributed by atoms with Crippen molar-refractivity contribution < 1.29 is 33.3 Å². The highest BCUT2D eigenvalue weighted by molar-refractivity contribution is 7.80. The van der Waals surface area contributed by atoms with Crippen LogP contribution in [0.2, 0.25) is 0 Å². The fourth-order valence-corrected chi connectivity index (χ4v) is 3.39. The SMILES string of the molecule is COc1cc(C(=O)NC(=S)N2CCNC(=O)C2CC(=O)OC(C)C)cc(OC)c1OC. The quantitative estimate of drug-likeness (QED) is 0.458. The highest BCUT2D eigenvalue weighted by atomic mass is 32.1. The van der Waals surface area contributed by atoms with Gasteiger partial charge in [0.2, 0.25) is 11.7 Å². The van der Waals surface area contributed by atoms with Crippen molar-refractivity contribution in [2.75, 3.05) is 34.4 Å². The van der Waals surface area contributed by atoms with Crippen molar-refractivity contribution in [3.63, 3.8) is 0 Å². The summed E-state index contributed by atoms with van der Waals surface area (Å²) in [7, 11) is 4.34. The molecule has 2 N–H and O–H groups in total. The largest absolute Gasteiger partial charge is 0.493 e. The van der Waals surface area contributed by atoms with Gasteiger partial charge in [0.1, 0.15) is 6.04 Å². The lowest BCUT2D eigenvalue weighted by molar-refractivity contribution is -0.150. The first-order chi connectivity index (χ1) is 14.7. The van der Waals surface area contributed by atoms with Crippen molar-refractivity contribution >= 4 is 35.1 Å². The van der Waals surface area contributed by atoms with Gasteiger partial charge in [-0.25, -0.2) is 0 Å². The van der Waals surface area contributed by atoms with Gasteiger partial charge >= 0.3 is 5.97 Å². The Morgan fingerprint density at radius 2 is 1.81 bits per heavy atom. The molecule has 0 bridgehead atoms. The lowest BCUT2D eigenvalue weighted by Crippen LogP contribution is -2.60. The minimum Gasteiger partial charge on any atom is -0.493 e. The maximum atomic E-state index is 12.8. The fraction of sp³-hybridized carbons (Fsp3) is 0.500. The number of nitrogens with zero attached hydrogens (tertiary/aromatic N) is 1. The van der Waals surface area contributed by atoms with E-state index in [0.29, 0.717) is 30.3 Å². The van der Waals surface area contributed by atoms with Crippen LogP contribution in [0.4, 0.5) is 0 Å². The van der Waals surface area contributed by atoms with Gasteiger partial charge < -0.3 is 29.2 Å². The fourth-order valence-electron chi connectivity index (χ4n) is 3.08. The number of nitrogens with one attached hydrogen (secondary N) is 2. The Morgan fingerprint density at radius 3 is 2.32 bits per heavy atom. The third kappa shape index (κ3) is 5.97.